The highest BCUT2D eigenvalue weighted by atomic mass is 16.6. The van der Waals surface area contributed by atoms with Gasteiger partial charge in [0.05, 0.1) is 27.4 Å². The lowest BCUT2D eigenvalue weighted by Crippen LogP contribution is -2.53. The van der Waals surface area contributed by atoms with E-state index in [9.17, 15) is 19.2 Å². The van der Waals surface area contributed by atoms with Gasteiger partial charge < -0.3 is 33.9 Å². The molecule has 1 aliphatic heterocycles. The van der Waals surface area contributed by atoms with Crippen molar-refractivity contribution in [2.75, 3.05) is 40.5 Å². The van der Waals surface area contributed by atoms with Gasteiger partial charge in [-0.05, 0) is 77.0 Å². The van der Waals surface area contributed by atoms with Gasteiger partial charge in [-0.1, -0.05) is 26.8 Å². The standard InChI is InChI=1S/C32H50N2O9/c1-9-32(5,6)27(35)28(36)34-18-11-10-12-24(34)29(37)42-23(21-41-19-17-33-30(38)43-31(2,3)4)15-13-22-14-16-25(39-7)26(20-22)40-8/h14,16,20,23-24H,9-13,15,17-19,21H2,1-8H3,(H,33,38)/t23-,24+/m1/s1. The second-order valence-electron chi connectivity index (χ2n) is 12.4. The van der Waals surface area contributed by atoms with Crippen LogP contribution in [-0.2, 0) is 35.0 Å². The number of piperidine rings is 1. The number of aryl methyl sites for hydroxylation is 1. The summed E-state index contributed by atoms with van der Waals surface area (Å²) in [6.45, 7) is 11.5. The molecular weight excluding hydrogens is 556 g/mol. The molecule has 2 atom stereocenters. The molecule has 2 rings (SSSR count). The number of hydrogen-bond acceptors (Lipinski definition) is 9. The van der Waals surface area contributed by atoms with Crippen LogP contribution in [0.4, 0.5) is 4.79 Å². The monoisotopic (exact) mass is 606 g/mol. The van der Waals surface area contributed by atoms with Gasteiger partial charge in [0, 0.05) is 18.5 Å². The topological polar surface area (TPSA) is 130 Å². The number of hydrogen-bond donors (Lipinski definition) is 1. The van der Waals surface area contributed by atoms with E-state index in [-0.39, 0.29) is 19.8 Å². The van der Waals surface area contributed by atoms with E-state index >= 15 is 0 Å². The maximum atomic E-state index is 13.5. The minimum absolute atomic E-state index is 0.0808. The van der Waals surface area contributed by atoms with Crippen molar-refractivity contribution in [2.24, 2.45) is 5.41 Å². The van der Waals surface area contributed by atoms with Crippen molar-refractivity contribution in [2.45, 2.75) is 97.8 Å². The predicted molar refractivity (Wildman–Crippen MR) is 161 cm³/mol. The third-order valence-corrected chi connectivity index (χ3v) is 7.43. The molecule has 1 N–H and O–H groups in total. The third-order valence-electron chi connectivity index (χ3n) is 7.43. The molecule has 11 heteroatoms. The van der Waals surface area contributed by atoms with Crippen molar-refractivity contribution in [3.63, 3.8) is 0 Å². The van der Waals surface area contributed by atoms with Crippen LogP contribution in [0.15, 0.2) is 18.2 Å². The van der Waals surface area contributed by atoms with E-state index in [4.69, 9.17) is 23.7 Å². The van der Waals surface area contributed by atoms with E-state index in [2.05, 4.69) is 5.32 Å². The molecule has 1 aromatic carbocycles. The number of amides is 2. The predicted octanol–water partition coefficient (Wildman–Crippen LogP) is 4.48. The van der Waals surface area contributed by atoms with Gasteiger partial charge in [0.25, 0.3) is 5.91 Å². The smallest absolute Gasteiger partial charge is 0.407 e. The van der Waals surface area contributed by atoms with Crippen molar-refractivity contribution in [3.8, 4) is 11.5 Å². The first-order chi connectivity index (χ1) is 20.2. The number of nitrogens with one attached hydrogen (secondary N) is 1. The highest BCUT2D eigenvalue weighted by molar-refractivity contribution is 6.38. The van der Waals surface area contributed by atoms with Gasteiger partial charge in [-0.3, -0.25) is 9.59 Å². The molecule has 2 amide bonds. The van der Waals surface area contributed by atoms with Crippen molar-refractivity contribution >= 4 is 23.8 Å². The fraction of sp³-hybridized carbons (Fsp3) is 0.688. The van der Waals surface area contributed by atoms with Crippen molar-refractivity contribution in [1.82, 2.24) is 10.2 Å². The van der Waals surface area contributed by atoms with E-state index in [1.165, 1.54) is 4.90 Å². The van der Waals surface area contributed by atoms with Crippen LogP contribution < -0.4 is 14.8 Å². The van der Waals surface area contributed by atoms with E-state index in [0.29, 0.717) is 50.1 Å². The van der Waals surface area contributed by atoms with E-state index in [1.54, 1.807) is 48.8 Å². The Balaban J connectivity index is 2.10. The number of methoxy groups -OCH3 is 2. The average Bonchev–Trinajstić information content (AvgIpc) is 2.97. The average molecular weight is 607 g/mol. The van der Waals surface area contributed by atoms with Crippen molar-refractivity contribution in [3.05, 3.63) is 23.8 Å². The highest BCUT2D eigenvalue weighted by Crippen LogP contribution is 2.29. The molecule has 0 aromatic heterocycles. The number of nitrogens with zero attached hydrogens (tertiary/aromatic N) is 1. The van der Waals surface area contributed by atoms with Gasteiger partial charge in [-0.25, -0.2) is 9.59 Å². The van der Waals surface area contributed by atoms with Crippen LogP contribution in [0.5, 0.6) is 11.5 Å². The summed E-state index contributed by atoms with van der Waals surface area (Å²) in [6.07, 6.45) is 2.20. The number of rotatable bonds is 15. The Kier molecular flexibility index (Phi) is 13.8. The molecule has 0 spiro atoms. The maximum Gasteiger partial charge on any atom is 0.407 e. The van der Waals surface area contributed by atoms with Crippen LogP contribution in [0.1, 0.15) is 79.2 Å². The zero-order valence-corrected chi connectivity index (χ0v) is 27.1. The second-order valence-corrected chi connectivity index (χ2v) is 12.4. The summed E-state index contributed by atoms with van der Waals surface area (Å²) in [6, 6.07) is 4.75. The first-order valence-corrected chi connectivity index (χ1v) is 15.0. The molecule has 1 aliphatic rings. The number of ketones is 1. The molecule has 0 aliphatic carbocycles. The molecule has 0 bridgehead atoms. The maximum absolute atomic E-state index is 13.5. The largest absolute Gasteiger partial charge is 0.493 e. The summed E-state index contributed by atoms with van der Waals surface area (Å²) in [5.74, 6) is -0.490. The van der Waals surface area contributed by atoms with Crippen LogP contribution in [-0.4, -0.2) is 86.9 Å². The fourth-order valence-electron chi connectivity index (χ4n) is 4.54. The molecule has 242 valence electrons. The summed E-state index contributed by atoms with van der Waals surface area (Å²) in [5.41, 5.74) is -0.474. The summed E-state index contributed by atoms with van der Waals surface area (Å²) in [5, 5.41) is 2.64. The number of Topliss-reactive ketones (excluding diaryl/α,β-unsaturated/α-hetero) is 1. The molecule has 1 heterocycles. The summed E-state index contributed by atoms with van der Waals surface area (Å²) in [4.78, 5) is 52.9. The van der Waals surface area contributed by atoms with Crippen molar-refractivity contribution < 1.29 is 42.9 Å². The Hall–Kier alpha value is -3.34. The van der Waals surface area contributed by atoms with Gasteiger partial charge in [-0.2, -0.15) is 0 Å². The van der Waals surface area contributed by atoms with Gasteiger partial charge in [-0.15, -0.1) is 0 Å². The molecule has 1 fully saturated rings. The van der Waals surface area contributed by atoms with Gasteiger partial charge >= 0.3 is 12.1 Å². The van der Waals surface area contributed by atoms with Gasteiger partial charge in [0.2, 0.25) is 5.78 Å². The number of benzene rings is 1. The Bertz CT molecular complexity index is 1100. The highest BCUT2D eigenvalue weighted by Gasteiger charge is 2.41. The Morgan fingerprint density at radius 2 is 1.72 bits per heavy atom. The first kappa shape index (κ1) is 35.9. The summed E-state index contributed by atoms with van der Waals surface area (Å²) >= 11 is 0. The van der Waals surface area contributed by atoms with Gasteiger partial charge in [0.15, 0.2) is 11.5 Å². The molecule has 0 radical (unpaired) electrons. The molecule has 0 saturated carbocycles. The molecule has 43 heavy (non-hydrogen) atoms. The SMILES string of the molecule is CCC(C)(C)C(=O)C(=O)N1CCCC[C@H]1C(=O)O[C@H](CCc1ccc(OC)c(OC)c1)COCCNC(=O)OC(C)(C)C. The number of carbonyl (C=O) groups excluding carboxylic acids is 4. The number of alkyl carbamates (subject to hydrolysis) is 1. The minimum Gasteiger partial charge on any atom is -0.493 e. The summed E-state index contributed by atoms with van der Waals surface area (Å²) in [7, 11) is 3.13. The van der Waals surface area contributed by atoms with E-state index in [0.717, 1.165) is 12.0 Å². The second kappa shape index (κ2) is 16.5. The van der Waals surface area contributed by atoms with E-state index < -0.39 is 46.9 Å². The minimum atomic E-state index is -0.838. The summed E-state index contributed by atoms with van der Waals surface area (Å²) < 4.78 is 27.7. The lowest BCUT2D eigenvalue weighted by Gasteiger charge is -2.36. The molecular formula is C32H50N2O9. The normalized spacial score (nSPS) is 16.2. The molecule has 11 nitrogen and oxygen atoms in total. The Labute approximate surface area is 255 Å². The zero-order chi connectivity index (χ0) is 32.2. The number of carbonyl (C=O) groups is 4. The Morgan fingerprint density at radius 3 is 2.35 bits per heavy atom. The fourth-order valence-corrected chi connectivity index (χ4v) is 4.54. The van der Waals surface area contributed by atoms with Crippen LogP contribution in [0.2, 0.25) is 0 Å². The lowest BCUT2D eigenvalue weighted by molar-refractivity contribution is -0.166. The first-order valence-electron chi connectivity index (χ1n) is 15.0. The van der Waals surface area contributed by atoms with Crippen molar-refractivity contribution in [1.29, 1.82) is 0 Å². The van der Waals surface area contributed by atoms with Crippen LogP contribution in [0.25, 0.3) is 0 Å². The van der Waals surface area contributed by atoms with E-state index in [1.807, 2.05) is 25.1 Å². The molecule has 1 aromatic rings. The third kappa shape index (κ3) is 11.3. The number of ether oxygens (including phenoxy) is 5. The lowest BCUT2D eigenvalue weighted by atomic mass is 9.84. The van der Waals surface area contributed by atoms with Crippen LogP contribution >= 0.6 is 0 Å². The Morgan fingerprint density at radius 1 is 1.02 bits per heavy atom. The quantitative estimate of drug-likeness (QED) is 0.175. The zero-order valence-electron chi connectivity index (χ0n) is 27.1. The molecule has 0 unspecified atom stereocenters. The number of esters is 1. The van der Waals surface area contributed by atoms with Crippen LogP contribution in [0, 0.1) is 5.41 Å². The van der Waals surface area contributed by atoms with Crippen LogP contribution in [0.3, 0.4) is 0 Å². The number of likely N-dealkylation sites (tertiary alicyclic amines) is 1. The van der Waals surface area contributed by atoms with Gasteiger partial charge in [0.1, 0.15) is 17.7 Å². The molecule has 1 saturated heterocycles.